The average Bonchev–Trinajstić information content (AvgIpc) is 3.64. The lowest BCUT2D eigenvalue weighted by molar-refractivity contribution is -0.660. The predicted molar refractivity (Wildman–Crippen MR) is 142 cm³/mol. The Morgan fingerprint density at radius 2 is 1.59 bits per heavy atom. The molecule has 0 N–H and O–H groups in total. The van der Waals surface area contributed by atoms with Gasteiger partial charge >= 0.3 is 0 Å². The van der Waals surface area contributed by atoms with Crippen LogP contribution >= 0.6 is 0 Å². The maximum atomic E-state index is 15.4. The first kappa shape index (κ1) is 22.6. The van der Waals surface area contributed by atoms with Gasteiger partial charge in [-0.05, 0) is 54.2 Å². The SMILES string of the molecule is Cc1ccc2c(oc3c(-c4ccc(C5CCC6(C5)OCCO6)cc4)c(F)ccc32)c1-c1cccc[n+]1C. The molecule has 2 fully saturated rings. The number of furan rings is 1. The van der Waals surface area contributed by atoms with Crippen LogP contribution in [-0.2, 0) is 16.5 Å². The maximum absolute atomic E-state index is 15.4. The number of pyridine rings is 1. The van der Waals surface area contributed by atoms with Gasteiger partial charge in [0.1, 0.15) is 24.0 Å². The lowest BCUT2D eigenvalue weighted by atomic mass is 9.94. The number of ether oxygens (including phenoxy) is 2. The third-order valence-electron chi connectivity index (χ3n) is 8.19. The summed E-state index contributed by atoms with van der Waals surface area (Å²) in [7, 11) is 2.03. The summed E-state index contributed by atoms with van der Waals surface area (Å²) in [6.45, 7) is 3.44. The Hall–Kier alpha value is -3.54. The minimum absolute atomic E-state index is 0.282. The Morgan fingerprint density at radius 3 is 2.35 bits per heavy atom. The average molecular weight is 495 g/mol. The molecule has 4 nitrogen and oxygen atoms in total. The number of halogens is 1. The fourth-order valence-electron chi connectivity index (χ4n) is 6.29. The van der Waals surface area contributed by atoms with Gasteiger partial charge in [0.25, 0.3) is 0 Å². The van der Waals surface area contributed by atoms with E-state index in [1.165, 1.54) is 5.56 Å². The fourth-order valence-corrected chi connectivity index (χ4v) is 6.29. The van der Waals surface area contributed by atoms with Crippen molar-refractivity contribution in [3.63, 3.8) is 0 Å². The van der Waals surface area contributed by atoms with Gasteiger partial charge in [-0.2, -0.15) is 0 Å². The Balaban J connectivity index is 1.33. The van der Waals surface area contributed by atoms with Crippen LogP contribution in [0.1, 0.15) is 36.3 Å². The molecule has 1 atom stereocenters. The van der Waals surface area contributed by atoms with E-state index in [1.54, 1.807) is 6.07 Å². The molecule has 1 aliphatic carbocycles. The number of hydrogen-bond donors (Lipinski definition) is 0. The number of benzene rings is 3. The highest BCUT2D eigenvalue weighted by Crippen LogP contribution is 2.46. The van der Waals surface area contributed by atoms with Crippen molar-refractivity contribution in [1.29, 1.82) is 0 Å². The number of aryl methyl sites for hydroxylation is 2. The van der Waals surface area contributed by atoms with Crippen molar-refractivity contribution in [2.75, 3.05) is 13.2 Å². The van der Waals surface area contributed by atoms with Gasteiger partial charge in [-0.25, -0.2) is 8.96 Å². The standard InChI is InChI=1S/C32H29FNO3/c1-20-6-11-24-25-12-13-26(33)29(31(25)37-30(24)28(20)27-5-3-4-16-34(27)2)22-9-7-21(8-10-22)23-14-15-32(19-23)35-17-18-36-32/h3-13,16,23H,14-15,17-19H2,1-2H3/q+1. The van der Waals surface area contributed by atoms with Crippen molar-refractivity contribution < 1.29 is 22.8 Å². The third-order valence-corrected chi connectivity index (χ3v) is 8.19. The maximum Gasteiger partial charge on any atom is 0.216 e. The minimum atomic E-state index is -0.402. The summed E-state index contributed by atoms with van der Waals surface area (Å²) in [6.07, 6.45) is 4.86. The Labute approximate surface area is 215 Å². The van der Waals surface area contributed by atoms with Gasteiger partial charge in [-0.15, -0.1) is 0 Å². The van der Waals surface area contributed by atoms with Crippen molar-refractivity contribution in [2.24, 2.45) is 7.05 Å². The highest BCUT2D eigenvalue weighted by Gasteiger charge is 2.44. The Bertz CT molecular complexity index is 1650. The highest BCUT2D eigenvalue weighted by molar-refractivity contribution is 6.13. The number of nitrogens with zero attached hydrogens (tertiary/aromatic N) is 1. The van der Waals surface area contributed by atoms with Crippen molar-refractivity contribution in [2.45, 2.75) is 37.9 Å². The summed E-state index contributed by atoms with van der Waals surface area (Å²) in [4.78, 5) is 0. The molecule has 37 heavy (non-hydrogen) atoms. The molecule has 1 saturated carbocycles. The van der Waals surface area contributed by atoms with Crippen LogP contribution in [0, 0.1) is 12.7 Å². The summed E-state index contributed by atoms with van der Waals surface area (Å²) < 4.78 is 35.9. The zero-order valence-corrected chi connectivity index (χ0v) is 21.1. The van der Waals surface area contributed by atoms with E-state index in [0.29, 0.717) is 30.3 Å². The molecule has 1 spiro atoms. The monoisotopic (exact) mass is 494 g/mol. The largest absolute Gasteiger partial charge is 0.454 e. The molecule has 3 aromatic carbocycles. The minimum Gasteiger partial charge on any atom is -0.454 e. The summed E-state index contributed by atoms with van der Waals surface area (Å²) in [5.41, 5.74) is 7.14. The normalized spacial score (nSPS) is 18.9. The fraction of sp³-hybridized carbons (Fsp3) is 0.281. The molecule has 0 bridgehead atoms. The third kappa shape index (κ3) is 3.60. The summed E-state index contributed by atoms with van der Waals surface area (Å²) in [6, 6.07) is 22.0. The van der Waals surface area contributed by atoms with Crippen LogP contribution < -0.4 is 4.57 Å². The molecule has 1 saturated heterocycles. The van der Waals surface area contributed by atoms with Crippen molar-refractivity contribution in [1.82, 2.24) is 0 Å². The number of fused-ring (bicyclic) bond motifs is 3. The molecule has 1 aliphatic heterocycles. The first-order chi connectivity index (χ1) is 18.0. The molecule has 1 unspecified atom stereocenters. The van der Waals surface area contributed by atoms with E-state index in [-0.39, 0.29) is 5.82 Å². The number of hydrogen-bond acceptors (Lipinski definition) is 3. The van der Waals surface area contributed by atoms with Gasteiger partial charge in [0, 0.05) is 35.7 Å². The van der Waals surface area contributed by atoms with Crippen molar-refractivity contribution in [3.8, 4) is 22.4 Å². The van der Waals surface area contributed by atoms with Gasteiger partial charge in [0.15, 0.2) is 12.0 Å². The van der Waals surface area contributed by atoms with Gasteiger partial charge in [-0.1, -0.05) is 36.4 Å². The molecular formula is C32H29FNO3+. The first-order valence-electron chi connectivity index (χ1n) is 13.0. The molecule has 2 aliphatic rings. The van der Waals surface area contributed by atoms with Gasteiger partial charge in [-0.3, -0.25) is 0 Å². The predicted octanol–water partition coefficient (Wildman–Crippen LogP) is 7.20. The molecule has 0 radical (unpaired) electrons. The molecule has 186 valence electrons. The molecule has 0 amide bonds. The van der Waals surface area contributed by atoms with Crippen LogP contribution in [0.4, 0.5) is 4.39 Å². The van der Waals surface area contributed by atoms with E-state index < -0.39 is 5.79 Å². The molecule has 5 aromatic rings. The Kier molecular flexibility index (Phi) is 5.20. The zero-order chi connectivity index (χ0) is 25.1. The van der Waals surface area contributed by atoms with E-state index in [2.05, 4.69) is 41.8 Å². The quantitative estimate of drug-likeness (QED) is 0.249. The second-order valence-electron chi connectivity index (χ2n) is 10.4. The van der Waals surface area contributed by atoms with Crippen LogP contribution in [0.2, 0.25) is 0 Å². The lowest BCUT2D eigenvalue weighted by Gasteiger charge is -2.21. The highest BCUT2D eigenvalue weighted by atomic mass is 19.1. The smallest absolute Gasteiger partial charge is 0.216 e. The van der Waals surface area contributed by atoms with E-state index >= 15 is 4.39 Å². The van der Waals surface area contributed by atoms with E-state index in [4.69, 9.17) is 13.9 Å². The van der Waals surface area contributed by atoms with Crippen LogP contribution in [0.15, 0.2) is 77.3 Å². The topological polar surface area (TPSA) is 35.5 Å². The van der Waals surface area contributed by atoms with Crippen LogP contribution in [0.3, 0.4) is 0 Å². The van der Waals surface area contributed by atoms with Gasteiger partial charge < -0.3 is 13.9 Å². The summed E-state index contributed by atoms with van der Waals surface area (Å²) in [5, 5.41) is 1.91. The van der Waals surface area contributed by atoms with Gasteiger partial charge in [0.05, 0.1) is 24.3 Å². The van der Waals surface area contributed by atoms with Crippen LogP contribution in [0.25, 0.3) is 44.3 Å². The molecule has 7 rings (SSSR count). The lowest BCUT2D eigenvalue weighted by Crippen LogP contribution is -2.30. The van der Waals surface area contributed by atoms with Crippen LogP contribution in [0.5, 0.6) is 0 Å². The van der Waals surface area contributed by atoms with E-state index in [9.17, 15) is 0 Å². The second-order valence-corrected chi connectivity index (χ2v) is 10.4. The zero-order valence-electron chi connectivity index (χ0n) is 21.1. The summed E-state index contributed by atoms with van der Waals surface area (Å²) in [5.74, 6) is -0.299. The molecule has 2 aromatic heterocycles. The second kappa shape index (κ2) is 8.51. The van der Waals surface area contributed by atoms with Crippen LogP contribution in [-0.4, -0.2) is 19.0 Å². The molecular weight excluding hydrogens is 465 g/mol. The molecule has 3 heterocycles. The summed E-state index contributed by atoms with van der Waals surface area (Å²) >= 11 is 0. The Morgan fingerprint density at radius 1 is 0.865 bits per heavy atom. The van der Waals surface area contributed by atoms with E-state index in [0.717, 1.165) is 58.0 Å². The number of rotatable bonds is 3. The number of aromatic nitrogens is 1. The van der Waals surface area contributed by atoms with E-state index in [1.807, 2.05) is 43.6 Å². The van der Waals surface area contributed by atoms with Gasteiger partial charge in [0.2, 0.25) is 5.69 Å². The van der Waals surface area contributed by atoms with Crippen molar-refractivity contribution in [3.05, 3.63) is 89.9 Å². The van der Waals surface area contributed by atoms with Crippen molar-refractivity contribution >= 4 is 21.9 Å². The first-order valence-corrected chi connectivity index (χ1v) is 13.0. The molecule has 5 heteroatoms.